The fourth-order valence-corrected chi connectivity index (χ4v) is 4.07. The Bertz CT molecular complexity index is 656. The summed E-state index contributed by atoms with van der Waals surface area (Å²) in [6.07, 6.45) is -8.81. The Morgan fingerprint density at radius 2 is 1.78 bits per heavy atom. The molecule has 1 aliphatic rings. The zero-order chi connectivity index (χ0) is 21.2. The Morgan fingerprint density at radius 1 is 1.22 bits per heavy atom. The van der Waals surface area contributed by atoms with Gasteiger partial charge in [-0.05, 0) is 40.0 Å². The van der Waals surface area contributed by atoms with Crippen molar-refractivity contribution in [3.63, 3.8) is 0 Å². The van der Waals surface area contributed by atoms with E-state index in [2.05, 4.69) is 0 Å². The maximum atomic E-state index is 12.5. The van der Waals surface area contributed by atoms with E-state index in [0.717, 1.165) is 0 Å². The van der Waals surface area contributed by atoms with Crippen LogP contribution < -0.4 is 0 Å². The number of sulfonamides is 1. The molecule has 0 unspecified atom stereocenters. The lowest BCUT2D eigenvalue weighted by atomic mass is 9.99. The molecule has 158 valence electrons. The van der Waals surface area contributed by atoms with E-state index in [1.54, 1.807) is 6.92 Å². The molecule has 3 atom stereocenters. The number of ether oxygens (including phenoxy) is 2. The van der Waals surface area contributed by atoms with Crippen molar-refractivity contribution in [3.05, 3.63) is 0 Å². The Kier molecular flexibility index (Phi) is 7.31. The van der Waals surface area contributed by atoms with Crippen LogP contribution >= 0.6 is 0 Å². The first kappa shape index (κ1) is 23.7. The van der Waals surface area contributed by atoms with Crippen LogP contribution in [0.25, 0.3) is 0 Å². The van der Waals surface area contributed by atoms with Crippen LogP contribution in [-0.2, 0) is 24.3 Å². The number of ketones is 1. The molecule has 0 bridgehead atoms. The zero-order valence-corrected chi connectivity index (χ0v) is 16.8. The fraction of sp³-hybridized carbons (Fsp3) is 0.875. The molecular formula is C16H26F3NO6S. The first-order valence-corrected chi connectivity index (χ1v) is 10.1. The van der Waals surface area contributed by atoms with Crippen LogP contribution in [0, 0.1) is 5.92 Å². The molecule has 0 radical (unpaired) electrons. The molecule has 0 aromatic rings. The first-order chi connectivity index (χ1) is 12.0. The molecule has 7 nitrogen and oxygen atoms in total. The quantitative estimate of drug-likeness (QED) is 0.660. The van der Waals surface area contributed by atoms with E-state index in [1.807, 2.05) is 0 Å². The number of halogens is 3. The van der Waals surface area contributed by atoms with E-state index in [0.29, 0.717) is 6.42 Å². The lowest BCUT2D eigenvalue weighted by molar-refractivity contribution is -0.130. The van der Waals surface area contributed by atoms with Crippen molar-refractivity contribution in [2.45, 2.75) is 71.4 Å². The third-order valence-corrected chi connectivity index (χ3v) is 5.53. The summed E-state index contributed by atoms with van der Waals surface area (Å²) in [7, 11) is -4.60. The van der Waals surface area contributed by atoms with E-state index in [1.165, 1.54) is 27.7 Å². The summed E-state index contributed by atoms with van der Waals surface area (Å²) >= 11 is 0. The van der Waals surface area contributed by atoms with Gasteiger partial charge < -0.3 is 9.47 Å². The van der Waals surface area contributed by atoms with Crippen molar-refractivity contribution in [3.8, 4) is 0 Å². The van der Waals surface area contributed by atoms with Crippen molar-refractivity contribution in [2.24, 2.45) is 5.92 Å². The predicted molar refractivity (Wildman–Crippen MR) is 90.5 cm³/mol. The third-order valence-electron chi connectivity index (χ3n) is 3.84. The Hall–Kier alpha value is -1.36. The Balaban J connectivity index is 3.01. The van der Waals surface area contributed by atoms with Crippen LogP contribution in [0.1, 0.15) is 47.5 Å². The normalized spacial score (nSPS) is 23.9. The zero-order valence-electron chi connectivity index (χ0n) is 16.0. The van der Waals surface area contributed by atoms with Gasteiger partial charge in [-0.1, -0.05) is 6.92 Å². The van der Waals surface area contributed by atoms with Crippen molar-refractivity contribution in [1.29, 1.82) is 0 Å². The number of amides is 1. The van der Waals surface area contributed by atoms with Crippen LogP contribution in [0.3, 0.4) is 0 Å². The maximum Gasteiger partial charge on any atom is 0.424 e. The molecule has 1 amide bonds. The maximum absolute atomic E-state index is 12.5. The SMILES string of the molecule is CC(=O)[C@H]1O[C@@H](CN(C(=O)OC(C)(C)C)S(=O)(=O)CCC(F)(F)F)C[C@H]1C. The van der Waals surface area contributed by atoms with Gasteiger partial charge in [0.15, 0.2) is 5.78 Å². The van der Waals surface area contributed by atoms with Gasteiger partial charge >= 0.3 is 12.3 Å². The fourth-order valence-electron chi connectivity index (χ4n) is 2.70. The molecule has 0 saturated carbocycles. The van der Waals surface area contributed by atoms with Crippen LogP contribution in [0.15, 0.2) is 0 Å². The van der Waals surface area contributed by atoms with Crippen LogP contribution in [0.5, 0.6) is 0 Å². The van der Waals surface area contributed by atoms with Crippen LogP contribution in [0.2, 0.25) is 0 Å². The number of carbonyl (C=O) groups excluding carboxylic acids is 2. The monoisotopic (exact) mass is 417 g/mol. The molecule has 1 fully saturated rings. The van der Waals surface area contributed by atoms with Gasteiger partial charge in [0.2, 0.25) is 10.0 Å². The third kappa shape index (κ3) is 7.65. The molecule has 0 aromatic heterocycles. The van der Waals surface area contributed by atoms with E-state index in [-0.39, 0.29) is 16.0 Å². The topological polar surface area (TPSA) is 90.0 Å². The highest BCUT2D eigenvalue weighted by Crippen LogP contribution is 2.29. The number of Topliss-reactive ketones (excluding diaryl/α,β-unsaturated/α-hetero) is 1. The van der Waals surface area contributed by atoms with Crippen LogP contribution in [-0.4, -0.2) is 60.9 Å². The van der Waals surface area contributed by atoms with Crippen molar-refractivity contribution < 1.29 is 40.7 Å². The summed E-state index contributed by atoms with van der Waals surface area (Å²) in [4.78, 5) is 23.9. The molecule has 0 spiro atoms. The molecular weight excluding hydrogens is 391 g/mol. The average molecular weight is 417 g/mol. The highest BCUT2D eigenvalue weighted by atomic mass is 32.2. The van der Waals surface area contributed by atoms with E-state index in [9.17, 15) is 31.2 Å². The summed E-state index contributed by atoms with van der Waals surface area (Å²) in [6, 6.07) is 0. The van der Waals surface area contributed by atoms with Gasteiger partial charge in [-0.2, -0.15) is 13.2 Å². The van der Waals surface area contributed by atoms with Gasteiger partial charge in [-0.15, -0.1) is 0 Å². The van der Waals surface area contributed by atoms with Gasteiger partial charge in [0.05, 0.1) is 24.8 Å². The van der Waals surface area contributed by atoms with Gasteiger partial charge in [-0.25, -0.2) is 17.5 Å². The standard InChI is InChI=1S/C16H26F3NO6S/c1-10-8-12(25-13(10)11(2)21)9-20(14(22)26-15(3,4)5)27(23,24)7-6-16(17,18)19/h10,12-13H,6-9H2,1-5H3/t10-,12-,13+/m1/s1. The number of nitrogens with zero attached hydrogens (tertiary/aromatic N) is 1. The second kappa shape index (κ2) is 8.34. The van der Waals surface area contributed by atoms with Gasteiger partial charge in [0, 0.05) is 0 Å². The minimum atomic E-state index is -4.69. The molecule has 0 N–H and O–H groups in total. The second-order valence-electron chi connectivity index (χ2n) is 7.69. The van der Waals surface area contributed by atoms with Crippen molar-refractivity contribution in [2.75, 3.05) is 12.3 Å². The van der Waals surface area contributed by atoms with Gasteiger partial charge in [0.25, 0.3) is 0 Å². The summed E-state index contributed by atoms with van der Waals surface area (Å²) < 4.78 is 73.0. The number of alkyl halides is 3. The Morgan fingerprint density at radius 3 is 2.19 bits per heavy atom. The van der Waals surface area contributed by atoms with Crippen molar-refractivity contribution in [1.82, 2.24) is 4.31 Å². The number of rotatable bonds is 6. The molecule has 27 heavy (non-hydrogen) atoms. The Labute approximate surface area is 157 Å². The van der Waals surface area contributed by atoms with E-state index < -0.39 is 58.8 Å². The number of hydrogen-bond donors (Lipinski definition) is 0. The molecule has 1 heterocycles. The smallest absolute Gasteiger partial charge is 0.424 e. The molecule has 0 aromatic carbocycles. The largest absolute Gasteiger partial charge is 0.443 e. The molecule has 1 rings (SSSR count). The van der Waals surface area contributed by atoms with E-state index >= 15 is 0 Å². The number of hydrogen-bond acceptors (Lipinski definition) is 6. The van der Waals surface area contributed by atoms with Crippen molar-refractivity contribution >= 4 is 21.9 Å². The predicted octanol–water partition coefficient (Wildman–Crippen LogP) is 2.89. The minimum Gasteiger partial charge on any atom is -0.443 e. The summed E-state index contributed by atoms with van der Waals surface area (Å²) in [5, 5.41) is 0. The molecule has 1 aliphatic heterocycles. The lowest BCUT2D eigenvalue weighted by Crippen LogP contribution is -2.46. The van der Waals surface area contributed by atoms with E-state index in [4.69, 9.17) is 9.47 Å². The lowest BCUT2D eigenvalue weighted by Gasteiger charge is -2.28. The molecule has 11 heteroatoms. The second-order valence-corrected chi connectivity index (χ2v) is 9.71. The summed E-state index contributed by atoms with van der Waals surface area (Å²) in [5.74, 6) is -1.73. The van der Waals surface area contributed by atoms with Gasteiger partial charge in [0.1, 0.15) is 11.7 Å². The molecule has 0 aliphatic carbocycles. The average Bonchev–Trinajstić information content (AvgIpc) is 2.81. The summed E-state index contributed by atoms with van der Waals surface area (Å²) in [5.41, 5.74) is -1.04. The molecule has 1 saturated heterocycles. The minimum absolute atomic E-state index is 0.203. The number of carbonyl (C=O) groups is 2. The van der Waals surface area contributed by atoms with Gasteiger partial charge in [-0.3, -0.25) is 4.79 Å². The van der Waals surface area contributed by atoms with Crippen LogP contribution in [0.4, 0.5) is 18.0 Å². The highest BCUT2D eigenvalue weighted by Gasteiger charge is 2.41. The highest BCUT2D eigenvalue weighted by molar-refractivity contribution is 7.89. The summed E-state index contributed by atoms with van der Waals surface area (Å²) in [6.45, 7) is 7.07. The first-order valence-electron chi connectivity index (χ1n) is 8.48.